The molecule has 0 amide bonds. The molecule has 0 heterocycles. The van der Waals surface area contributed by atoms with Crippen LogP contribution in [0.25, 0.3) is 0 Å². The van der Waals surface area contributed by atoms with E-state index in [0.29, 0.717) is 18.9 Å². The third kappa shape index (κ3) is 3.32. The monoisotopic (exact) mass is 171 g/mol. The molecule has 1 atom stereocenters. The summed E-state index contributed by atoms with van der Waals surface area (Å²) in [5.74, 6) is 0.742. The SMILES string of the molecule is CCOCC(=O)CC(N)C1CC1. The quantitative estimate of drug-likeness (QED) is 0.640. The molecular formula is C9H17NO2. The van der Waals surface area contributed by atoms with Crippen molar-refractivity contribution < 1.29 is 9.53 Å². The Bertz CT molecular complexity index is 155. The van der Waals surface area contributed by atoms with Crippen molar-refractivity contribution in [3.8, 4) is 0 Å². The highest BCUT2D eigenvalue weighted by atomic mass is 16.5. The van der Waals surface area contributed by atoms with Gasteiger partial charge in [-0.3, -0.25) is 4.79 Å². The predicted octanol–water partition coefficient (Wildman–Crippen LogP) is 0.719. The molecule has 70 valence electrons. The molecule has 12 heavy (non-hydrogen) atoms. The van der Waals surface area contributed by atoms with Gasteiger partial charge in [0.1, 0.15) is 6.61 Å². The van der Waals surface area contributed by atoms with Gasteiger partial charge in [0.15, 0.2) is 5.78 Å². The van der Waals surface area contributed by atoms with E-state index in [0.717, 1.165) is 0 Å². The molecule has 1 aliphatic carbocycles. The molecule has 0 saturated heterocycles. The van der Waals surface area contributed by atoms with Gasteiger partial charge in [-0.05, 0) is 25.7 Å². The molecule has 1 aliphatic rings. The van der Waals surface area contributed by atoms with E-state index in [9.17, 15) is 4.79 Å². The molecule has 0 aromatic heterocycles. The summed E-state index contributed by atoms with van der Waals surface area (Å²) in [6, 6.07) is 0.0814. The Morgan fingerprint density at radius 1 is 1.67 bits per heavy atom. The van der Waals surface area contributed by atoms with Gasteiger partial charge in [0, 0.05) is 19.1 Å². The molecule has 0 bridgehead atoms. The summed E-state index contributed by atoms with van der Waals surface area (Å²) in [7, 11) is 0. The first kappa shape index (κ1) is 9.68. The van der Waals surface area contributed by atoms with Crippen molar-refractivity contribution in [2.24, 2.45) is 11.7 Å². The second-order valence-corrected chi connectivity index (χ2v) is 3.38. The Morgan fingerprint density at radius 2 is 2.33 bits per heavy atom. The summed E-state index contributed by atoms with van der Waals surface area (Å²) < 4.78 is 4.99. The molecule has 1 saturated carbocycles. The lowest BCUT2D eigenvalue weighted by molar-refractivity contribution is -0.123. The van der Waals surface area contributed by atoms with Gasteiger partial charge >= 0.3 is 0 Å². The van der Waals surface area contributed by atoms with Gasteiger partial charge in [-0.25, -0.2) is 0 Å². The second kappa shape index (κ2) is 4.58. The average Bonchev–Trinajstić information content (AvgIpc) is 2.82. The molecule has 0 aromatic rings. The lowest BCUT2D eigenvalue weighted by Crippen LogP contribution is -2.27. The lowest BCUT2D eigenvalue weighted by atomic mass is 10.1. The van der Waals surface area contributed by atoms with Gasteiger partial charge in [-0.1, -0.05) is 0 Å². The van der Waals surface area contributed by atoms with Crippen LogP contribution in [0.1, 0.15) is 26.2 Å². The number of ether oxygens (including phenoxy) is 1. The van der Waals surface area contributed by atoms with Crippen LogP contribution in [0.5, 0.6) is 0 Å². The second-order valence-electron chi connectivity index (χ2n) is 3.38. The van der Waals surface area contributed by atoms with E-state index >= 15 is 0 Å². The molecule has 2 N–H and O–H groups in total. The number of carbonyl (C=O) groups excluding carboxylic acids is 1. The highest BCUT2D eigenvalue weighted by Crippen LogP contribution is 2.32. The number of nitrogens with two attached hydrogens (primary N) is 1. The minimum absolute atomic E-state index is 0.0814. The highest BCUT2D eigenvalue weighted by molar-refractivity contribution is 5.80. The Morgan fingerprint density at radius 3 is 2.83 bits per heavy atom. The van der Waals surface area contributed by atoms with Crippen molar-refractivity contribution in [3.05, 3.63) is 0 Å². The van der Waals surface area contributed by atoms with Gasteiger partial charge in [0.05, 0.1) is 0 Å². The fourth-order valence-corrected chi connectivity index (χ4v) is 1.23. The number of hydrogen-bond donors (Lipinski definition) is 1. The van der Waals surface area contributed by atoms with Crippen LogP contribution in [0, 0.1) is 5.92 Å². The summed E-state index contributed by atoms with van der Waals surface area (Å²) in [6.07, 6.45) is 2.89. The first-order valence-electron chi connectivity index (χ1n) is 4.59. The third-order valence-electron chi connectivity index (χ3n) is 2.16. The molecule has 0 aliphatic heterocycles. The summed E-state index contributed by atoms with van der Waals surface area (Å²) in [5, 5.41) is 0. The van der Waals surface area contributed by atoms with Crippen LogP contribution < -0.4 is 5.73 Å². The fourth-order valence-electron chi connectivity index (χ4n) is 1.23. The summed E-state index contributed by atoms with van der Waals surface area (Å²) in [4.78, 5) is 11.1. The predicted molar refractivity (Wildman–Crippen MR) is 46.8 cm³/mol. The molecule has 1 unspecified atom stereocenters. The molecule has 3 nitrogen and oxygen atoms in total. The standard InChI is InChI=1S/C9H17NO2/c1-2-12-6-8(11)5-9(10)7-3-4-7/h7,9H,2-6,10H2,1H3. The minimum atomic E-state index is 0.0814. The molecular weight excluding hydrogens is 154 g/mol. The van der Waals surface area contributed by atoms with Crippen molar-refractivity contribution in [1.29, 1.82) is 0 Å². The molecule has 0 aromatic carbocycles. The van der Waals surface area contributed by atoms with Gasteiger partial charge in [-0.15, -0.1) is 0 Å². The van der Waals surface area contributed by atoms with Crippen molar-refractivity contribution in [2.75, 3.05) is 13.2 Å². The average molecular weight is 171 g/mol. The molecule has 0 spiro atoms. The smallest absolute Gasteiger partial charge is 0.160 e. The maximum absolute atomic E-state index is 11.1. The van der Waals surface area contributed by atoms with Crippen LogP contribution in [0.4, 0.5) is 0 Å². The van der Waals surface area contributed by atoms with Gasteiger partial charge in [0.25, 0.3) is 0 Å². The first-order chi connectivity index (χ1) is 5.74. The largest absolute Gasteiger partial charge is 0.374 e. The van der Waals surface area contributed by atoms with E-state index < -0.39 is 0 Å². The van der Waals surface area contributed by atoms with Crippen molar-refractivity contribution in [3.63, 3.8) is 0 Å². The van der Waals surface area contributed by atoms with Crippen molar-refractivity contribution >= 4 is 5.78 Å². The lowest BCUT2D eigenvalue weighted by Gasteiger charge is -2.08. The Labute approximate surface area is 73.3 Å². The van der Waals surface area contributed by atoms with E-state index in [1.54, 1.807) is 0 Å². The number of ketones is 1. The Hall–Kier alpha value is -0.410. The summed E-state index contributed by atoms with van der Waals surface area (Å²) in [6.45, 7) is 2.72. The topological polar surface area (TPSA) is 52.3 Å². The maximum atomic E-state index is 11.1. The van der Waals surface area contributed by atoms with Gasteiger partial charge in [-0.2, -0.15) is 0 Å². The van der Waals surface area contributed by atoms with E-state index in [-0.39, 0.29) is 18.4 Å². The van der Waals surface area contributed by atoms with Crippen LogP contribution in [0.2, 0.25) is 0 Å². The van der Waals surface area contributed by atoms with Crippen molar-refractivity contribution in [2.45, 2.75) is 32.2 Å². The Balaban J connectivity index is 2.07. The molecule has 1 fully saturated rings. The van der Waals surface area contributed by atoms with Crippen LogP contribution >= 0.6 is 0 Å². The molecule has 3 heteroatoms. The number of Topliss-reactive ketones (excluding diaryl/α,β-unsaturated/α-hetero) is 1. The third-order valence-corrected chi connectivity index (χ3v) is 2.16. The van der Waals surface area contributed by atoms with Gasteiger partial charge < -0.3 is 10.5 Å². The number of rotatable bonds is 6. The van der Waals surface area contributed by atoms with E-state index in [1.807, 2.05) is 6.92 Å². The van der Waals surface area contributed by atoms with E-state index in [2.05, 4.69) is 0 Å². The van der Waals surface area contributed by atoms with E-state index in [4.69, 9.17) is 10.5 Å². The van der Waals surface area contributed by atoms with Crippen molar-refractivity contribution in [1.82, 2.24) is 0 Å². The maximum Gasteiger partial charge on any atom is 0.160 e. The number of carbonyl (C=O) groups is 1. The zero-order chi connectivity index (χ0) is 8.97. The normalized spacial score (nSPS) is 19.2. The fraction of sp³-hybridized carbons (Fsp3) is 0.889. The van der Waals surface area contributed by atoms with Crippen LogP contribution in [0.3, 0.4) is 0 Å². The van der Waals surface area contributed by atoms with Gasteiger partial charge in [0.2, 0.25) is 0 Å². The molecule has 0 radical (unpaired) electrons. The Kier molecular flexibility index (Phi) is 3.69. The zero-order valence-electron chi connectivity index (χ0n) is 7.58. The summed E-state index contributed by atoms with van der Waals surface area (Å²) in [5.41, 5.74) is 5.78. The van der Waals surface area contributed by atoms with Crippen LogP contribution in [-0.2, 0) is 9.53 Å². The minimum Gasteiger partial charge on any atom is -0.374 e. The van der Waals surface area contributed by atoms with E-state index in [1.165, 1.54) is 12.8 Å². The van der Waals surface area contributed by atoms with Crippen LogP contribution in [-0.4, -0.2) is 25.0 Å². The summed E-state index contributed by atoms with van der Waals surface area (Å²) >= 11 is 0. The molecule has 1 rings (SSSR count). The van der Waals surface area contributed by atoms with Crippen LogP contribution in [0.15, 0.2) is 0 Å². The highest BCUT2D eigenvalue weighted by Gasteiger charge is 2.29. The number of hydrogen-bond acceptors (Lipinski definition) is 3. The first-order valence-corrected chi connectivity index (χ1v) is 4.59. The zero-order valence-corrected chi connectivity index (χ0v) is 7.58.